The molecule has 2 nitrogen and oxygen atoms in total. The van der Waals surface area contributed by atoms with Crippen LogP contribution in [-0.4, -0.2) is 18.8 Å². The van der Waals surface area contributed by atoms with E-state index in [0.717, 1.165) is 27.6 Å². The van der Waals surface area contributed by atoms with Crippen molar-refractivity contribution in [2.24, 2.45) is 5.92 Å². The molecule has 0 fully saturated rings. The second-order valence-electron chi connectivity index (χ2n) is 4.67. The molecule has 0 heterocycles. The lowest BCUT2D eigenvalue weighted by molar-refractivity contribution is 0.0885. The van der Waals surface area contributed by atoms with Crippen molar-refractivity contribution >= 4 is 15.9 Å². The van der Waals surface area contributed by atoms with Crippen LogP contribution in [0.2, 0.25) is 0 Å². The maximum Gasteiger partial charge on any atom is 0.0816 e. The number of aliphatic hydroxyl groups is 1. The normalized spacial score (nSPS) is 14.7. The van der Waals surface area contributed by atoms with Gasteiger partial charge in [-0.3, -0.25) is 0 Å². The molecule has 0 saturated heterocycles. The van der Waals surface area contributed by atoms with Crippen molar-refractivity contribution in [1.29, 1.82) is 0 Å². The summed E-state index contributed by atoms with van der Waals surface area (Å²) < 4.78 is 6.17. The van der Waals surface area contributed by atoms with Crippen LogP contribution in [0.25, 0.3) is 0 Å². The molecule has 0 aliphatic rings. The van der Waals surface area contributed by atoms with Crippen molar-refractivity contribution in [2.45, 2.75) is 33.3 Å². The maximum absolute atomic E-state index is 10.3. The topological polar surface area (TPSA) is 29.5 Å². The van der Waals surface area contributed by atoms with Crippen molar-refractivity contribution in [1.82, 2.24) is 0 Å². The van der Waals surface area contributed by atoms with Crippen LogP contribution in [0, 0.1) is 19.8 Å². The number of aliphatic hydroxyl groups excluding tert-OH is 1. The Hall–Kier alpha value is -0.380. The van der Waals surface area contributed by atoms with Crippen molar-refractivity contribution in [2.75, 3.05) is 13.7 Å². The van der Waals surface area contributed by atoms with Crippen LogP contribution < -0.4 is 0 Å². The summed E-state index contributed by atoms with van der Waals surface area (Å²) in [6.45, 7) is 6.84. The van der Waals surface area contributed by atoms with Gasteiger partial charge < -0.3 is 9.84 Å². The van der Waals surface area contributed by atoms with Gasteiger partial charge in [-0.1, -0.05) is 35.0 Å². The highest BCUT2D eigenvalue weighted by Crippen LogP contribution is 2.29. The van der Waals surface area contributed by atoms with Gasteiger partial charge in [0, 0.05) is 18.2 Å². The van der Waals surface area contributed by atoms with Crippen molar-refractivity contribution < 1.29 is 9.84 Å². The summed E-state index contributed by atoms with van der Waals surface area (Å²) >= 11 is 3.54. The Labute approximate surface area is 112 Å². The largest absolute Gasteiger partial charge is 0.388 e. The molecule has 0 bridgehead atoms. The Balaban J connectivity index is 2.85. The van der Waals surface area contributed by atoms with E-state index in [2.05, 4.69) is 22.9 Å². The van der Waals surface area contributed by atoms with Gasteiger partial charge in [-0.2, -0.15) is 0 Å². The molecular weight excluding hydrogens is 280 g/mol. The van der Waals surface area contributed by atoms with E-state index >= 15 is 0 Å². The minimum absolute atomic E-state index is 0.204. The zero-order valence-corrected chi connectivity index (χ0v) is 12.5. The molecule has 0 saturated carbocycles. The van der Waals surface area contributed by atoms with Gasteiger partial charge in [0.25, 0.3) is 0 Å². The van der Waals surface area contributed by atoms with Crippen LogP contribution in [0.1, 0.15) is 36.1 Å². The third kappa shape index (κ3) is 3.80. The second kappa shape index (κ2) is 6.53. The molecule has 96 valence electrons. The second-order valence-corrected chi connectivity index (χ2v) is 5.47. The highest BCUT2D eigenvalue weighted by atomic mass is 79.9. The lowest BCUT2D eigenvalue weighted by atomic mass is 9.93. The van der Waals surface area contributed by atoms with E-state index in [1.54, 1.807) is 7.11 Å². The monoisotopic (exact) mass is 300 g/mol. The number of ether oxygens (including phenoxy) is 1. The van der Waals surface area contributed by atoms with Crippen LogP contribution in [-0.2, 0) is 4.74 Å². The molecule has 0 aliphatic carbocycles. The molecule has 1 rings (SSSR count). The quantitative estimate of drug-likeness (QED) is 0.897. The van der Waals surface area contributed by atoms with Gasteiger partial charge in [-0.15, -0.1) is 0 Å². The van der Waals surface area contributed by atoms with E-state index < -0.39 is 6.10 Å². The third-order valence-corrected chi connectivity index (χ3v) is 4.37. The number of hydrogen-bond acceptors (Lipinski definition) is 2. The zero-order chi connectivity index (χ0) is 13.0. The van der Waals surface area contributed by atoms with Crippen LogP contribution in [0.5, 0.6) is 0 Å². The lowest BCUT2D eigenvalue weighted by Crippen LogP contribution is -2.12. The fourth-order valence-corrected chi connectivity index (χ4v) is 2.17. The summed E-state index contributed by atoms with van der Waals surface area (Å²) in [6, 6.07) is 4.09. The van der Waals surface area contributed by atoms with E-state index in [4.69, 9.17) is 4.74 Å². The number of rotatable bonds is 5. The smallest absolute Gasteiger partial charge is 0.0816 e. The summed E-state index contributed by atoms with van der Waals surface area (Å²) in [5.74, 6) is 0.204. The average Bonchev–Trinajstić information content (AvgIpc) is 2.31. The van der Waals surface area contributed by atoms with Crippen molar-refractivity contribution in [3.8, 4) is 0 Å². The highest BCUT2D eigenvalue weighted by Gasteiger charge is 2.17. The average molecular weight is 301 g/mol. The molecule has 1 aromatic carbocycles. The molecule has 0 radical (unpaired) electrons. The molecule has 0 aliphatic heterocycles. The number of aryl methyl sites for hydroxylation is 2. The Morgan fingerprint density at radius 3 is 2.29 bits per heavy atom. The van der Waals surface area contributed by atoms with Crippen LogP contribution in [0.4, 0.5) is 0 Å². The van der Waals surface area contributed by atoms with Gasteiger partial charge in [0.15, 0.2) is 0 Å². The molecule has 1 aromatic rings. The molecule has 2 atom stereocenters. The van der Waals surface area contributed by atoms with Gasteiger partial charge in [0.05, 0.1) is 6.10 Å². The standard InChI is InChI=1S/C14H21BrO2/c1-9(5-6-17-4)14(16)12-7-10(2)13(15)11(3)8-12/h7-9,14,16H,5-6H2,1-4H3. The SMILES string of the molecule is COCCC(C)C(O)c1cc(C)c(Br)c(C)c1. The predicted octanol–water partition coefficient (Wildman–Crippen LogP) is 3.77. The number of halogens is 1. The van der Waals surface area contributed by atoms with Gasteiger partial charge in [0.1, 0.15) is 0 Å². The summed E-state index contributed by atoms with van der Waals surface area (Å²) in [6.07, 6.45) is 0.446. The predicted molar refractivity (Wildman–Crippen MR) is 74.2 cm³/mol. The molecule has 3 heteroatoms. The van der Waals surface area contributed by atoms with Gasteiger partial charge in [0.2, 0.25) is 0 Å². The summed E-state index contributed by atoms with van der Waals surface area (Å²) in [5, 5.41) is 10.3. The molecule has 0 aromatic heterocycles. The molecule has 0 spiro atoms. The molecule has 2 unspecified atom stereocenters. The van der Waals surface area contributed by atoms with Gasteiger partial charge in [-0.05, 0) is 42.9 Å². The lowest BCUT2D eigenvalue weighted by Gasteiger charge is -2.20. The van der Waals surface area contributed by atoms with Crippen LogP contribution in [0.15, 0.2) is 16.6 Å². The van der Waals surface area contributed by atoms with Crippen molar-refractivity contribution in [3.05, 3.63) is 33.3 Å². The molecule has 1 N–H and O–H groups in total. The fourth-order valence-electron chi connectivity index (χ4n) is 1.94. The van der Waals surface area contributed by atoms with Gasteiger partial charge in [-0.25, -0.2) is 0 Å². The molecule has 0 amide bonds. The summed E-state index contributed by atoms with van der Waals surface area (Å²) in [4.78, 5) is 0. The first-order valence-electron chi connectivity index (χ1n) is 5.91. The Morgan fingerprint density at radius 1 is 1.29 bits per heavy atom. The van der Waals surface area contributed by atoms with E-state index in [1.165, 1.54) is 0 Å². The third-order valence-electron chi connectivity index (χ3n) is 3.12. The van der Waals surface area contributed by atoms with E-state index in [0.29, 0.717) is 6.61 Å². The first kappa shape index (κ1) is 14.7. The van der Waals surface area contributed by atoms with E-state index in [9.17, 15) is 5.11 Å². The van der Waals surface area contributed by atoms with Gasteiger partial charge >= 0.3 is 0 Å². The maximum atomic E-state index is 10.3. The Morgan fingerprint density at radius 2 is 1.82 bits per heavy atom. The summed E-state index contributed by atoms with van der Waals surface area (Å²) in [5.41, 5.74) is 3.32. The Bertz CT molecular complexity index is 353. The molecular formula is C14H21BrO2. The summed E-state index contributed by atoms with van der Waals surface area (Å²) in [7, 11) is 1.69. The number of methoxy groups -OCH3 is 1. The zero-order valence-electron chi connectivity index (χ0n) is 11.0. The highest BCUT2D eigenvalue weighted by molar-refractivity contribution is 9.10. The minimum Gasteiger partial charge on any atom is -0.388 e. The fraction of sp³-hybridized carbons (Fsp3) is 0.571. The van der Waals surface area contributed by atoms with E-state index in [-0.39, 0.29) is 5.92 Å². The molecule has 17 heavy (non-hydrogen) atoms. The minimum atomic E-state index is -0.421. The Kier molecular flexibility index (Phi) is 5.63. The van der Waals surface area contributed by atoms with Crippen LogP contribution >= 0.6 is 15.9 Å². The first-order valence-corrected chi connectivity index (χ1v) is 6.70. The van der Waals surface area contributed by atoms with Crippen LogP contribution in [0.3, 0.4) is 0 Å². The first-order chi connectivity index (χ1) is 7.97. The van der Waals surface area contributed by atoms with E-state index in [1.807, 2.05) is 26.0 Å². The van der Waals surface area contributed by atoms with Crippen molar-refractivity contribution in [3.63, 3.8) is 0 Å². The number of benzene rings is 1. The number of hydrogen-bond donors (Lipinski definition) is 1.